The van der Waals surface area contributed by atoms with Crippen LogP contribution in [0.25, 0.3) is 6.08 Å². The summed E-state index contributed by atoms with van der Waals surface area (Å²) in [6.45, 7) is 5.15. The number of rotatable bonds is 3. The molecule has 18 heavy (non-hydrogen) atoms. The minimum Gasteiger partial charge on any atom is -0.492 e. The van der Waals surface area contributed by atoms with Gasteiger partial charge in [0, 0.05) is 25.0 Å². The van der Waals surface area contributed by atoms with Crippen LogP contribution in [0, 0.1) is 5.92 Å². The van der Waals surface area contributed by atoms with Gasteiger partial charge in [-0.2, -0.15) is 0 Å². The van der Waals surface area contributed by atoms with Crippen LogP contribution in [0.1, 0.15) is 31.7 Å². The molecule has 3 saturated heterocycles. The Morgan fingerprint density at radius 2 is 2.22 bits per heavy atom. The second-order valence-corrected chi connectivity index (χ2v) is 5.16. The fourth-order valence-corrected chi connectivity index (χ4v) is 2.95. The molecule has 3 aliphatic heterocycles. The second kappa shape index (κ2) is 5.01. The molecule has 0 unspecified atom stereocenters. The first-order chi connectivity index (χ1) is 8.85. The second-order valence-electron chi connectivity index (χ2n) is 5.16. The number of aromatic nitrogens is 1. The number of hydrogen-bond acceptors (Lipinski definition) is 3. The molecule has 0 N–H and O–H groups in total. The van der Waals surface area contributed by atoms with Crippen molar-refractivity contribution in [3.05, 3.63) is 29.7 Å². The zero-order valence-corrected chi connectivity index (χ0v) is 10.9. The van der Waals surface area contributed by atoms with Crippen molar-refractivity contribution >= 4 is 6.08 Å². The van der Waals surface area contributed by atoms with E-state index in [-0.39, 0.29) is 0 Å². The normalized spacial score (nSPS) is 21.6. The van der Waals surface area contributed by atoms with E-state index < -0.39 is 0 Å². The van der Waals surface area contributed by atoms with Crippen LogP contribution in [0.3, 0.4) is 0 Å². The fraction of sp³-hybridized carbons (Fsp3) is 0.533. The van der Waals surface area contributed by atoms with Gasteiger partial charge in [0.15, 0.2) is 0 Å². The zero-order chi connectivity index (χ0) is 12.4. The van der Waals surface area contributed by atoms with Crippen LogP contribution in [0.15, 0.2) is 24.2 Å². The third-order valence-corrected chi connectivity index (χ3v) is 3.90. The van der Waals surface area contributed by atoms with Crippen molar-refractivity contribution in [1.82, 2.24) is 9.88 Å². The lowest BCUT2D eigenvalue weighted by atomic mass is 9.85. The highest BCUT2D eigenvalue weighted by Crippen LogP contribution is 2.35. The summed E-state index contributed by atoms with van der Waals surface area (Å²) in [4.78, 5) is 6.76. The Balaban J connectivity index is 1.80. The van der Waals surface area contributed by atoms with Crippen molar-refractivity contribution in [2.45, 2.75) is 26.2 Å². The summed E-state index contributed by atoms with van der Waals surface area (Å²) in [6.07, 6.45) is 9.95. The summed E-state index contributed by atoms with van der Waals surface area (Å²) >= 11 is 0. The quantitative estimate of drug-likeness (QED) is 0.817. The summed E-state index contributed by atoms with van der Waals surface area (Å²) < 4.78 is 5.49. The highest BCUT2D eigenvalue weighted by molar-refractivity contribution is 5.53. The number of piperidine rings is 3. The van der Waals surface area contributed by atoms with Gasteiger partial charge in [-0.25, -0.2) is 0 Å². The first kappa shape index (κ1) is 11.6. The van der Waals surface area contributed by atoms with Crippen molar-refractivity contribution in [1.29, 1.82) is 0 Å². The lowest BCUT2D eigenvalue weighted by molar-refractivity contribution is 0.163. The maximum absolute atomic E-state index is 5.49. The maximum atomic E-state index is 5.49. The predicted octanol–water partition coefficient (Wildman–Crippen LogP) is 2.94. The molecule has 1 aromatic rings. The van der Waals surface area contributed by atoms with Crippen molar-refractivity contribution in [3.63, 3.8) is 0 Å². The minimum absolute atomic E-state index is 0.690. The Hall–Kier alpha value is -1.51. The summed E-state index contributed by atoms with van der Waals surface area (Å²) in [5.74, 6) is 1.77. The third-order valence-electron chi connectivity index (χ3n) is 3.90. The van der Waals surface area contributed by atoms with E-state index in [0.29, 0.717) is 6.61 Å². The molecule has 0 amide bonds. The average molecular weight is 244 g/mol. The van der Waals surface area contributed by atoms with Crippen molar-refractivity contribution in [2.24, 2.45) is 5.92 Å². The summed E-state index contributed by atoms with van der Waals surface area (Å²) in [7, 11) is 0. The molecule has 0 spiro atoms. The van der Waals surface area contributed by atoms with E-state index in [1.54, 1.807) is 6.20 Å². The molecule has 3 heteroatoms. The molecular formula is C15H20N2O. The van der Waals surface area contributed by atoms with E-state index >= 15 is 0 Å². The van der Waals surface area contributed by atoms with Crippen LogP contribution in [-0.4, -0.2) is 29.6 Å². The Morgan fingerprint density at radius 3 is 2.89 bits per heavy atom. The van der Waals surface area contributed by atoms with E-state index in [4.69, 9.17) is 4.74 Å². The molecule has 96 valence electrons. The monoisotopic (exact) mass is 244 g/mol. The lowest BCUT2D eigenvalue weighted by Gasteiger charge is -2.42. The van der Waals surface area contributed by atoms with Gasteiger partial charge in [0.1, 0.15) is 5.75 Å². The van der Waals surface area contributed by atoms with Crippen LogP contribution in [0.5, 0.6) is 5.75 Å². The predicted molar refractivity (Wildman–Crippen MR) is 72.3 cm³/mol. The van der Waals surface area contributed by atoms with Gasteiger partial charge >= 0.3 is 0 Å². The standard InChI is InChI=1S/C15H20N2O/c1-2-18-15-9-13(10-16-11-15)8-14-7-12-3-5-17(14)6-4-12/h8-12H,2-7H2,1H3. The van der Waals surface area contributed by atoms with E-state index in [1.165, 1.54) is 38.0 Å². The van der Waals surface area contributed by atoms with Gasteiger partial charge in [0.05, 0.1) is 12.8 Å². The Morgan fingerprint density at radius 1 is 1.39 bits per heavy atom. The Bertz CT molecular complexity index is 448. The number of allylic oxidation sites excluding steroid dienone is 1. The summed E-state index contributed by atoms with van der Waals surface area (Å²) in [5.41, 5.74) is 2.64. The first-order valence-corrected chi connectivity index (χ1v) is 6.88. The number of hydrogen-bond donors (Lipinski definition) is 0. The molecule has 2 bridgehead atoms. The van der Waals surface area contributed by atoms with Crippen molar-refractivity contribution in [3.8, 4) is 5.75 Å². The molecule has 0 aromatic carbocycles. The van der Waals surface area contributed by atoms with Gasteiger partial charge in [-0.15, -0.1) is 0 Å². The van der Waals surface area contributed by atoms with Gasteiger partial charge in [-0.1, -0.05) is 0 Å². The molecule has 0 aliphatic carbocycles. The van der Waals surface area contributed by atoms with Gasteiger partial charge in [0.2, 0.25) is 0 Å². The van der Waals surface area contributed by atoms with Crippen LogP contribution in [0.4, 0.5) is 0 Å². The molecule has 3 fully saturated rings. The molecule has 3 nitrogen and oxygen atoms in total. The number of nitrogens with zero attached hydrogens (tertiary/aromatic N) is 2. The number of fused-ring (bicyclic) bond motifs is 3. The molecule has 0 atom stereocenters. The molecule has 0 saturated carbocycles. The molecule has 4 heterocycles. The third kappa shape index (κ3) is 2.35. The summed E-state index contributed by atoms with van der Waals surface area (Å²) in [6, 6.07) is 2.08. The average Bonchev–Trinajstić information content (AvgIpc) is 2.41. The van der Waals surface area contributed by atoms with Crippen LogP contribution >= 0.6 is 0 Å². The van der Waals surface area contributed by atoms with E-state index in [0.717, 1.165) is 17.2 Å². The van der Waals surface area contributed by atoms with Crippen LogP contribution in [0.2, 0.25) is 0 Å². The van der Waals surface area contributed by atoms with Gasteiger partial charge in [0.25, 0.3) is 0 Å². The Kier molecular flexibility index (Phi) is 3.22. The van der Waals surface area contributed by atoms with Crippen molar-refractivity contribution < 1.29 is 4.74 Å². The number of pyridine rings is 1. The van der Waals surface area contributed by atoms with Gasteiger partial charge in [-0.05, 0) is 49.8 Å². The highest BCUT2D eigenvalue weighted by Gasteiger charge is 2.28. The maximum Gasteiger partial charge on any atom is 0.138 e. The van der Waals surface area contributed by atoms with Gasteiger partial charge < -0.3 is 9.64 Å². The smallest absolute Gasteiger partial charge is 0.138 e. The summed E-state index contributed by atoms with van der Waals surface area (Å²) in [5, 5.41) is 0. The lowest BCUT2D eigenvalue weighted by Crippen LogP contribution is -2.39. The Labute approximate surface area is 108 Å². The topological polar surface area (TPSA) is 25.4 Å². The molecule has 3 aliphatic rings. The fourth-order valence-electron chi connectivity index (χ4n) is 2.95. The molecule has 1 aromatic heterocycles. The largest absolute Gasteiger partial charge is 0.492 e. The SMILES string of the molecule is CCOc1cncc(C=C2CC3CCN2CC3)c1. The molecular weight excluding hydrogens is 224 g/mol. The van der Waals surface area contributed by atoms with E-state index in [2.05, 4.69) is 22.0 Å². The zero-order valence-electron chi connectivity index (χ0n) is 10.9. The van der Waals surface area contributed by atoms with Crippen LogP contribution < -0.4 is 4.74 Å². The van der Waals surface area contributed by atoms with Gasteiger partial charge in [-0.3, -0.25) is 4.98 Å². The molecule has 4 rings (SSSR count). The van der Waals surface area contributed by atoms with E-state index in [1.807, 2.05) is 13.1 Å². The number of ether oxygens (including phenoxy) is 1. The first-order valence-electron chi connectivity index (χ1n) is 6.88. The van der Waals surface area contributed by atoms with E-state index in [9.17, 15) is 0 Å². The highest BCUT2D eigenvalue weighted by atomic mass is 16.5. The van der Waals surface area contributed by atoms with Crippen LogP contribution in [-0.2, 0) is 0 Å². The van der Waals surface area contributed by atoms with Crippen molar-refractivity contribution in [2.75, 3.05) is 19.7 Å². The minimum atomic E-state index is 0.690. The molecule has 0 radical (unpaired) electrons.